The fourth-order valence-corrected chi connectivity index (χ4v) is 1.72. The minimum Gasteiger partial charge on any atom is -0.292 e. The van der Waals surface area contributed by atoms with Crippen LogP contribution in [0.2, 0.25) is 0 Å². The molecule has 0 N–H and O–H groups in total. The summed E-state index contributed by atoms with van der Waals surface area (Å²) in [6, 6.07) is 0. The maximum absolute atomic E-state index is 4.06. The number of rotatable bonds is 0. The van der Waals surface area contributed by atoms with Gasteiger partial charge in [0.1, 0.15) is 0 Å². The first-order valence-corrected chi connectivity index (χ1v) is 3.71. The number of hydrogen-bond acceptors (Lipinski definition) is 2. The van der Waals surface area contributed by atoms with Crippen LogP contribution >= 0.6 is 11.8 Å². The smallest absolute Gasteiger partial charge is 0.0478 e. The molecule has 1 fully saturated rings. The Morgan fingerprint density at radius 3 is 2.62 bits per heavy atom. The minimum absolute atomic E-state index is 1.06. The Kier molecular flexibility index (Phi) is 1.73. The molecule has 0 aromatic heterocycles. The lowest BCUT2D eigenvalue weighted by Crippen LogP contribution is -1.95. The highest BCUT2D eigenvalue weighted by molar-refractivity contribution is 8.00. The zero-order chi connectivity index (χ0) is 5.98. The van der Waals surface area contributed by atoms with Gasteiger partial charge >= 0.3 is 0 Å². The van der Waals surface area contributed by atoms with Gasteiger partial charge in [0.05, 0.1) is 0 Å². The van der Waals surface area contributed by atoms with Gasteiger partial charge in [-0.15, -0.1) is 0 Å². The van der Waals surface area contributed by atoms with E-state index in [0.29, 0.717) is 0 Å². The first kappa shape index (κ1) is 5.89. The molecule has 1 aliphatic heterocycles. The molecule has 1 saturated heterocycles. The molecule has 1 nitrogen and oxygen atoms in total. The van der Waals surface area contributed by atoms with E-state index in [9.17, 15) is 0 Å². The molecule has 44 valence electrons. The Morgan fingerprint density at radius 2 is 2.38 bits per heavy atom. The molecule has 0 aromatic carbocycles. The van der Waals surface area contributed by atoms with Gasteiger partial charge in [-0.25, -0.2) is 0 Å². The molecule has 0 aliphatic carbocycles. The van der Waals surface area contributed by atoms with Gasteiger partial charge in [-0.1, -0.05) is 6.58 Å². The highest BCUT2D eigenvalue weighted by Gasteiger charge is 2.11. The average molecular weight is 127 g/mol. The van der Waals surface area contributed by atoms with E-state index in [1.165, 1.54) is 11.3 Å². The summed E-state index contributed by atoms with van der Waals surface area (Å²) < 4.78 is 0. The molecule has 0 saturated carbocycles. The predicted molar refractivity (Wildman–Crippen MR) is 39.8 cm³/mol. The summed E-state index contributed by atoms with van der Waals surface area (Å²) in [5.41, 5.74) is 2.40. The van der Waals surface area contributed by atoms with E-state index in [0.717, 1.165) is 11.5 Å². The lowest BCUT2D eigenvalue weighted by molar-refractivity contribution is 1.42. The molecule has 0 spiro atoms. The maximum atomic E-state index is 4.06. The highest BCUT2D eigenvalue weighted by Crippen LogP contribution is 2.18. The predicted octanol–water partition coefficient (Wildman–Crippen LogP) is 1.36. The molecular weight excluding hydrogens is 118 g/mol. The molecule has 0 radical (unpaired) electrons. The van der Waals surface area contributed by atoms with Gasteiger partial charge in [-0.05, 0) is 5.57 Å². The molecule has 1 rings (SSSR count). The quantitative estimate of drug-likeness (QED) is 0.478. The van der Waals surface area contributed by atoms with Crippen LogP contribution in [0.5, 0.6) is 0 Å². The van der Waals surface area contributed by atoms with E-state index in [1.54, 1.807) is 0 Å². The van der Waals surface area contributed by atoms with Gasteiger partial charge in [0.15, 0.2) is 0 Å². The van der Waals surface area contributed by atoms with Gasteiger partial charge in [0.2, 0.25) is 0 Å². The standard InChI is InChI=1S/C6H9NS/c1-5-3-8-4-6(5)7-2/h1,3-4H2,2H3. The van der Waals surface area contributed by atoms with Crippen molar-refractivity contribution >= 4 is 17.5 Å². The maximum Gasteiger partial charge on any atom is 0.0478 e. The third kappa shape index (κ3) is 0.944. The van der Waals surface area contributed by atoms with Crippen LogP contribution in [0.1, 0.15) is 0 Å². The number of hydrogen-bond donors (Lipinski definition) is 0. The summed E-state index contributed by atoms with van der Waals surface area (Å²) in [6.45, 7) is 3.85. The second kappa shape index (κ2) is 2.35. The summed E-state index contributed by atoms with van der Waals surface area (Å²) in [4.78, 5) is 4.06. The van der Waals surface area contributed by atoms with Crippen LogP contribution in [-0.4, -0.2) is 24.3 Å². The molecule has 8 heavy (non-hydrogen) atoms. The van der Waals surface area contributed by atoms with Crippen LogP contribution in [0.4, 0.5) is 0 Å². The van der Waals surface area contributed by atoms with Crippen molar-refractivity contribution in [2.75, 3.05) is 18.6 Å². The van der Waals surface area contributed by atoms with Crippen LogP contribution < -0.4 is 0 Å². The molecule has 1 aliphatic rings. The second-order valence-corrected chi connectivity index (χ2v) is 2.75. The SMILES string of the molecule is C=C1CSCC1=NC. The van der Waals surface area contributed by atoms with Crippen molar-refractivity contribution in [3.63, 3.8) is 0 Å². The van der Waals surface area contributed by atoms with Crippen LogP contribution in [0.25, 0.3) is 0 Å². The summed E-state index contributed by atoms with van der Waals surface area (Å²) in [5.74, 6) is 2.14. The first-order chi connectivity index (χ1) is 3.84. The molecule has 2 heteroatoms. The zero-order valence-corrected chi connectivity index (χ0v) is 5.79. The average Bonchev–Trinajstić information content (AvgIpc) is 2.14. The van der Waals surface area contributed by atoms with E-state index in [2.05, 4.69) is 11.6 Å². The Hall–Kier alpha value is -0.240. The van der Waals surface area contributed by atoms with Crippen molar-refractivity contribution in [1.82, 2.24) is 0 Å². The number of thioether (sulfide) groups is 1. The van der Waals surface area contributed by atoms with Gasteiger partial charge < -0.3 is 0 Å². The molecular formula is C6H9NS. The summed E-state index contributed by atoms with van der Waals surface area (Å²) in [5, 5.41) is 0. The molecule has 1 heterocycles. The van der Waals surface area contributed by atoms with E-state index in [1.807, 2.05) is 18.8 Å². The third-order valence-corrected chi connectivity index (χ3v) is 2.22. The van der Waals surface area contributed by atoms with Crippen molar-refractivity contribution in [1.29, 1.82) is 0 Å². The van der Waals surface area contributed by atoms with E-state index in [-0.39, 0.29) is 0 Å². The fourth-order valence-electron chi connectivity index (χ4n) is 0.679. The fraction of sp³-hybridized carbons (Fsp3) is 0.500. The summed E-state index contributed by atoms with van der Waals surface area (Å²) in [6.07, 6.45) is 0. The normalized spacial score (nSPS) is 25.1. The van der Waals surface area contributed by atoms with E-state index in [4.69, 9.17) is 0 Å². The third-order valence-electron chi connectivity index (χ3n) is 1.19. The Labute approximate surface area is 53.9 Å². The monoisotopic (exact) mass is 127 g/mol. The van der Waals surface area contributed by atoms with Crippen molar-refractivity contribution < 1.29 is 0 Å². The molecule has 0 amide bonds. The molecule has 0 aromatic rings. The van der Waals surface area contributed by atoms with Crippen LogP contribution in [0.15, 0.2) is 17.1 Å². The number of aliphatic imine (C=N–C) groups is 1. The van der Waals surface area contributed by atoms with Crippen LogP contribution in [-0.2, 0) is 0 Å². The van der Waals surface area contributed by atoms with Gasteiger partial charge in [-0.2, -0.15) is 11.8 Å². The molecule has 0 atom stereocenters. The topological polar surface area (TPSA) is 12.4 Å². The van der Waals surface area contributed by atoms with Crippen molar-refractivity contribution in [3.8, 4) is 0 Å². The summed E-state index contributed by atoms with van der Waals surface area (Å²) in [7, 11) is 1.83. The van der Waals surface area contributed by atoms with Crippen LogP contribution in [0.3, 0.4) is 0 Å². The van der Waals surface area contributed by atoms with E-state index >= 15 is 0 Å². The van der Waals surface area contributed by atoms with E-state index < -0.39 is 0 Å². The van der Waals surface area contributed by atoms with Gasteiger partial charge in [-0.3, -0.25) is 4.99 Å². The lowest BCUT2D eigenvalue weighted by atomic mass is 10.2. The molecule has 0 unspecified atom stereocenters. The minimum atomic E-state index is 1.06. The van der Waals surface area contributed by atoms with Crippen molar-refractivity contribution in [3.05, 3.63) is 12.2 Å². The lowest BCUT2D eigenvalue weighted by Gasteiger charge is -1.88. The van der Waals surface area contributed by atoms with Gasteiger partial charge in [0, 0.05) is 24.3 Å². The summed E-state index contributed by atoms with van der Waals surface area (Å²) >= 11 is 1.88. The van der Waals surface area contributed by atoms with Gasteiger partial charge in [0.25, 0.3) is 0 Å². The highest BCUT2D eigenvalue weighted by atomic mass is 32.2. The zero-order valence-electron chi connectivity index (χ0n) is 4.98. The Morgan fingerprint density at radius 1 is 1.62 bits per heavy atom. The van der Waals surface area contributed by atoms with Crippen molar-refractivity contribution in [2.24, 2.45) is 4.99 Å². The van der Waals surface area contributed by atoms with Crippen molar-refractivity contribution in [2.45, 2.75) is 0 Å². The number of nitrogens with zero attached hydrogens (tertiary/aromatic N) is 1. The van der Waals surface area contributed by atoms with Crippen LogP contribution in [0, 0.1) is 0 Å². The first-order valence-electron chi connectivity index (χ1n) is 2.56. The Bertz CT molecular complexity index is 137. The Balaban J connectivity index is 2.69. The largest absolute Gasteiger partial charge is 0.292 e. The second-order valence-electron chi connectivity index (χ2n) is 1.77. The molecule has 0 bridgehead atoms.